The van der Waals surface area contributed by atoms with Crippen molar-refractivity contribution in [1.82, 2.24) is 15.5 Å². The molecule has 0 aliphatic heterocycles. The number of hydrogen-bond acceptors (Lipinski definition) is 6. The maximum Gasteiger partial charge on any atom is 0.327 e. The molecule has 4 amide bonds. The second-order valence-corrected chi connectivity index (χ2v) is 11.9. The number of rotatable bonds is 7. The SMILES string of the molecule is O=C(NCSI)N(CSI)C(=O)NCSSI. The molecular weight excluding hydrogens is 643 g/mol. The van der Waals surface area contributed by atoms with E-state index in [0.29, 0.717) is 17.6 Å². The molecule has 0 rings (SSSR count). The predicted molar refractivity (Wildman–Crippen MR) is 106 cm³/mol. The molecule has 0 bridgehead atoms. The highest BCUT2D eigenvalue weighted by Gasteiger charge is 2.20. The standard InChI is InChI=1S/C5H8I3N3O2S4/c6-14-1-9-4(12)11(3-15-7)5(13)10-2-16-17-8/h1-3H2,(H,9,12)(H,10,13). The molecule has 0 radical (unpaired) electrons. The number of halogens is 3. The molecule has 0 aromatic carbocycles. The zero-order chi connectivity index (χ0) is 13.1. The summed E-state index contributed by atoms with van der Waals surface area (Å²) in [4.78, 5) is 24.5. The predicted octanol–water partition coefficient (Wildman–Crippen LogP) is 4.48. The molecule has 12 heteroatoms. The molecule has 0 saturated heterocycles. The molecular formula is C5H8I3N3O2S4. The van der Waals surface area contributed by atoms with Gasteiger partial charge in [-0.1, -0.05) is 28.7 Å². The van der Waals surface area contributed by atoms with E-state index in [2.05, 4.69) is 53.0 Å². The topological polar surface area (TPSA) is 61.4 Å². The van der Waals surface area contributed by atoms with Crippen molar-refractivity contribution in [2.45, 2.75) is 0 Å². The van der Waals surface area contributed by atoms with E-state index in [-0.39, 0.29) is 12.1 Å². The fourth-order valence-electron chi connectivity index (χ4n) is 0.652. The van der Waals surface area contributed by atoms with Crippen LogP contribution in [0.25, 0.3) is 0 Å². The summed E-state index contributed by atoms with van der Waals surface area (Å²) < 4.78 is 0. The Morgan fingerprint density at radius 3 is 2.06 bits per heavy atom. The summed E-state index contributed by atoms with van der Waals surface area (Å²) in [6.07, 6.45) is 0. The third kappa shape index (κ3) is 9.80. The van der Waals surface area contributed by atoms with E-state index < -0.39 is 0 Å². The molecule has 17 heavy (non-hydrogen) atoms. The lowest BCUT2D eigenvalue weighted by Gasteiger charge is -2.19. The van der Waals surface area contributed by atoms with Crippen molar-refractivity contribution in [3.8, 4) is 0 Å². The summed E-state index contributed by atoms with van der Waals surface area (Å²) in [5, 5.41) is 5.30. The van der Waals surface area contributed by atoms with Crippen molar-refractivity contribution in [3.63, 3.8) is 0 Å². The number of nitrogens with zero attached hydrogens (tertiary/aromatic N) is 1. The van der Waals surface area contributed by atoms with E-state index in [0.717, 1.165) is 4.90 Å². The van der Waals surface area contributed by atoms with Crippen molar-refractivity contribution in [2.75, 3.05) is 17.6 Å². The van der Waals surface area contributed by atoms with Crippen LogP contribution in [0.2, 0.25) is 0 Å². The molecule has 5 nitrogen and oxygen atoms in total. The van der Waals surface area contributed by atoms with E-state index in [1.165, 1.54) is 36.6 Å². The molecule has 0 heterocycles. The highest BCUT2D eigenvalue weighted by molar-refractivity contribution is 14.2. The molecule has 0 aliphatic carbocycles. The molecule has 0 unspecified atom stereocenters. The molecule has 0 aliphatic rings. The maximum atomic E-state index is 11.7. The van der Waals surface area contributed by atoms with Gasteiger partial charge in [-0.2, -0.15) is 0 Å². The molecule has 2 N–H and O–H groups in total. The van der Waals surface area contributed by atoms with Crippen molar-refractivity contribution >= 4 is 112 Å². The zero-order valence-corrected chi connectivity index (χ0v) is 17.9. The van der Waals surface area contributed by atoms with E-state index in [4.69, 9.17) is 0 Å². The quantitative estimate of drug-likeness (QED) is 0.184. The largest absolute Gasteiger partial charge is 0.328 e. The van der Waals surface area contributed by atoms with E-state index in [9.17, 15) is 9.59 Å². The van der Waals surface area contributed by atoms with Gasteiger partial charge < -0.3 is 10.6 Å². The van der Waals surface area contributed by atoms with Crippen LogP contribution in [0.5, 0.6) is 0 Å². The third-order valence-electron chi connectivity index (χ3n) is 1.27. The lowest BCUT2D eigenvalue weighted by Crippen LogP contribution is -2.47. The Hall–Kier alpha value is 2.33. The summed E-state index contributed by atoms with van der Waals surface area (Å²) in [5.41, 5.74) is 0. The summed E-state index contributed by atoms with van der Waals surface area (Å²) in [6.45, 7) is 0. The molecule has 0 aromatic heterocycles. The Kier molecular flexibility index (Phi) is 15.1. The number of carbonyl (C=O) groups is 2. The molecule has 100 valence electrons. The second-order valence-electron chi connectivity index (χ2n) is 2.21. The highest BCUT2D eigenvalue weighted by atomic mass is 127. The first kappa shape index (κ1) is 19.3. The van der Waals surface area contributed by atoms with E-state index >= 15 is 0 Å². The van der Waals surface area contributed by atoms with Crippen molar-refractivity contribution in [3.05, 3.63) is 0 Å². The van der Waals surface area contributed by atoms with Crippen LogP contribution in [0, 0.1) is 0 Å². The summed E-state index contributed by atoms with van der Waals surface area (Å²) in [7, 11) is 5.89. The Balaban J connectivity index is 4.18. The van der Waals surface area contributed by atoms with Gasteiger partial charge in [0.2, 0.25) is 0 Å². The minimum atomic E-state index is -0.372. The fraction of sp³-hybridized carbons (Fsp3) is 0.600. The van der Waals surface area contributed by atoms with E-state index in [1.54, 1.807) is 0 Å². The van der Waals surface area contributed by atoms with Crippen LogP contribution < -0.4 is 10.6 Å². The van der Waals surface area contributed by atoms with Gasteiger partial charge in [-0.15, -0.1) is 0 Å². The lowest BCUT2D eigenvalue weighted by molar-refractivity contribution is 0.195. The van der Waals surface area contributed by atoms with Crippen LogP contribution in [0.15, 0.2) is 0 Å². The first-order valence-electron chi connectivity index (χ1n) is 3.87. The van der Waals surface area contributed by atoms with Gasteiger partial charge in [-0.05, 0) is 50.4 Å². The summed E-state index contributed by atoms with van der Waals surface area (Å²) >= 11 is 6.26. The van der Waals surface area contributed by atoms with Crippen LogP contribution in [0.3, 0.4) is 0 Å². The maximum absolute atomic E-state index is 11.7. The van der Waals surface area contributed by atoms with Gasteiger partial charge in [0.05, 0.1) is 17.6 Å². The Labute approximate surface area is 152 Å². The van der Waals surface area contributed by atoms with Crippen molar-refractivity contribution in [1.29, 1.82) is 0 Å². The Morgan fingerprint density at radius 2 is 1.59 bits per heavy atom. The molecule has 0 aromatic rings. The monoisotopic (exact) mass is 651 g/mol. The smallest absolute Gasteiger partial charge is 0.327 e. The molecule has 0 saturated carbocycles. The van der Waals surface area contributed by atoms with Crippen LogP contribution >= 0.6 is 100 Å². The minimum Gasteiger partial charge on any atom is -0.328 e. The normalized spacial score (nSPS) is 9.82. The third-order valence-corrected chi connectivity index (χ3v) is 6.91. The van der Waals surface area contributed by atoms with Crippen LogP contribution in [0.1, 0.15) is 0 Å². The van der Waals surface area contributed by atoms with Gasteiger partial charge in [0.25, 0.3) is 0 Å². The molecule has 0 atom stereocenters. The van der Waals surface area contributed by atoms with Crippen molar-refractivity contribution in [2.24, 2.45) is 0 Å². The summed E-state index contributed by atoms with van der Waals surface area (Å²) in [6, 6.07) is -0.744. The highest BCUT2D eigenvalue weighted by Crippen LogP contribution is 2.27. The fourth-order valence-corrected chi connectivity index (χ4v) is 4.15. The number of nitrogens with one attached hydrogen (secondary N) is 2. The lowest BCUT2D eigenvalue weighted by atomic mass is 10.7. The van der Waals surface area contributed by atoms with Gasteiger partial charge in [0, 0.05) is 21.2 Å². The van der Waals surface area contributed by atoms with E-state index in [1.807, 2.05) is 21.2 Å². The second kappa shape index (κ2) is 13.3. The zero-order valence-electron chi connectivity index (χ0n) is 8.15. The van der Waals surface area contributed by atoms with Crippen LogP contribution in [-0.2, 0) is 0 Å². The molecule has 0 fully saturated rings. The first-order valence-corrected chi connectivity index (χ1v) is 15.8. The van der Waals surface area contributed by atoms with Crippen LogP contribution in [-0.4, -0.2) is 34.6 Å². The number of carbonyl (C=O) groups excluding carboxylic acids is 2. The average molecular weight is 651 g/mol. The van der Waals surface area contributed by atoms with Crippen LogP contribution in [0.4, 0.5) is 9.59 Å². The average Bonchev–Trinajstić information content (AvgIpc) is 2.33. The van der Waals surface area contributed by atoms with Gasteiger partial charge in [-0.3, -0.25) is 0 Å². The Morgan fingerprint density at radius 1 is 1.00 bits per heavy atom. The van der Waals surface area contributed by atoms with Gasteiger partial charge in [0.15, 0.2) is 0 Å². The first-order chi connectivity index (χ1) is 8.17. The van der Waals surface area contributed by atoms with Gasteiger partial charge in [-0.25, -0.2) is 14.5 Å². The minimum absolute atomic E-state index is 0.326. The van der Waals surface area contributed by atoms with Gasteiger partial charge in [0.1, 0.15) is 0 Å². The van der Waals surface area contributed by atoms with Gasteiger partial charge >= 0.3 is 12.1 Å². The number of imide groups is 1. The summed E-state index contributed by atoms with van der Waals surface area (Å²) in [5.74, 6) is 1.28. The molecule has 0 spiro atoms. The Bertz CT molecular complexity index is 250. The number of urea groups is 2. The number of amides is 4. The number of hydrogen-bond donors (Lipinski definition) is 2. The van der Waals surface area contributed by atoms with Crippen molar-refractivity contribution < 1.29 is 9.59 Å².